The molecule has 1 aromatic heterocycles. The number of aromatic nitrogens is 1. The normalized spacial score (nSPS) is 21.2. The highest BCUT2D eigenvalue weighted by Crippen LogP contribution is 2.37. The van der Waals surface area contributed by atoms with E-state index in [9.17, 15) is 0 Å². The Labute approximate surface area is 123 Å². The largest absolute Gasteiger partial charge is 0.486 e. The van der Waals surface area contributed by atoms with Crippen LogP contribution in [-0.4, -0.2) is 37.4 Å². The summed E-state index contributed by atoms with van der Waals surface area (Å²) in [6.45, 7) is 3.13. The second-order valence-corrected chi connectivity index (χ2v) is 5.42. The van der Waals surface area contributed by atoms with E-state index in [1.54, 1.807) is 6.20 Å². The van der Waals surface area contributed by atoms with Crippen molar-refractivity contribution in [2.45, 2.75) is 18.9 Å². The van der Waals surface area contributed by atoms with Crippen LogP contribution >= 0.6 is 0 Å². The molecule has 0 radical (unpaired) electrons. The van der Waals surface area contributed by atoms with Crippen LogP contribution in [0.5, 0.6) is 17.4 Å². The second-order valence-electron chi connectivity index (χ2n) is 5.42. The lowest BCUT2D eigenvalue weighted by Gasteiger charge is -2.24. The van der Waals surface area contributed by atoms with Crippen molar-refractivity contribution in [1.29, 1.82) is 0 Å². The summed E-state index contributed by atoms with van der Waals surface area (Å²) < 4.78 is 17.4. The molecule has 1 atom stereocenters. The number of hydrogen-bond donors (Lipinski definition) is 1. The molecule has 5 heteroatoms. The number of piperidine rings is 1. The zero-order chi connectivity index (χ0) is 14.1. The van der Waals surface area contributed by atoms with Crippen LogP contribution in [0.2, 0.25) is 0 Å². The molecule has 1 fully saturated rings. The van der Waals surface area contributed by atoms with Crippen molar-refractivity contribution in [2.24, 2.45) is 0 Å². The van der Waals surface area contributed by atoms with Crippen molar-refractivity contribution < 1.29 is 14.2 Å². The number of nitrogens with zero attached hydrogens (tertiary/aromatic N) is 1. The first-order valence-electron chi connectivity index (χ1n) is 7.46. The van der Waals surface area contributed by atoms with E-state index in [4.69, 9.17) is 14.2 Å². The number of nitrogens with one attached hydrogen (secondary N) is 1. The lowest BCUT2D eigenvalue weighted by atomic mass is 10.1. The third-order valence-corrected chi connectivity index (χ3v) is 3.92. The highest BCUT2D eigenvalue weighted by molar-refractivity contribution is 5.90. The van der Waals surface area contributed by atoms with Crippen LogP contribution in [0.3, 0.4) is 0 Å². The molecular weight excluding hydrogens is 268 g/mol. The van der Waals surface area contributed by atoms with E-state index in [1.807, 2.05) is 18.2 Å². The first kappa shape index (κ1) is 12.7. The zero-order valence-corrected chi connectivity index (χ0v) is 11.8. The summed E-state index contributed by atoms with van der Waals surface area (Å²) in [5, 5.41) is 5.40. The smallest absolute Gasteiger partial charge is 0.221 e. The van der Waals surface area contributed by atoms with Gasteiger partial charge in [-0.1, -0.05) is 0 Å². The summed E-state index contributed by atoms with van der Waals surface area (Å²) >= 11 is 0. The van der Waals surface area contributed by atoms with Gasteiger partial charge in [0.05, 0.1) is 0 Å². The molecule has 0 spiro atoms. The number of pyridine rings is 1. The number of fused-ring (bicyclic) bond motifs is 2. The topological polar surface area (TPSA) is 52.6 Å². The summed E-state index contributed by atoms with van der Waals surface area (Å²) in [6, 6.07) is 5.94. The molecule has 110 valence electrons. The van der Waals surface area contributed by atoms with E-state index in [1.165, 1.54) is 0 Å². The predicted octanol–water partition coefficient (Wildman–Crippen LogP) is 2.14. The van der Waals surface area contributed by atoms with Gasteiger partial charge < -0.3 is 19.5 Å². The molecule has 2 aliphatic rings. The Hall–Kier alpha value is -2.01. The first-order valence-corrected chi connectivity index (χ1v) is 7.46. The minimum Gasteiger partial charge on any atom is -0.486 e. The fourth-order valence-electron chi connectivity index (χ4n) is 2.85. The van der Waals surface area contributed by atoms with Crippen LogP contribution in [0.15, 0.2) is 24.4 Å². The fourth-order valence-corrected chi connectivity index (χ4v) is 2.85. The lowest BCUT2D eigenvalue weighted by molar-refractivity contribution is 0.162. The Morgan fingerprint density at radius 2 is 2.05 bits per heavy atom. The van der Waals surface area contributed by atoms with Crippen LogP contribution in [0.1, 0.15) is 12.8 Å². The van der Waals surface area contributed by atoms with Gasteiger partial charge >= 0.3 is 0 Å². The number of benzene rings is 1. The highest BCUT2D eigenvalue weighted by Gasteiger charge is 2.19. The Kier molecular flexibility index (Phi) is 3.27. The molecule has 0 bridgehead atoms. The third kappa shape index (κ3) is 2.49. The summed E-state index contributed by atoms with van der Waals surface area (Å²) in [4.78, 5) is 4.40. The maximum atomic E-state index is 6.09. The molecular formula is C16H18N2O3. The van der Waals surface area contributed by atoms with Gasteiger partial charge in [0.15, 0.2) is 11.5 Å². The van der Waals surface area contributed by atoms with Crippen LogP contribution in [-0.2, 0) is 0 Å². The molecule has 1 saturated heterocycles. The Balaban J connectivity index is 1.71. The Morgan fingerprint density at radius 1 is 1.19 bits per heavy atom. The third-order valence-electron chi connectivity index (χ3n) is 3.92. The zero-order valence-electron chi connectivity index (χ0n) is 11.8. The molecule has 21 heavy (non-hydrogen) atoms. The Morgan fingerprint density at radius 3 is 2.86 bits per heavy atom. The number of hydrogen-bond acceptors (Lipinski definition) is 5. The molecule has 1 N–H and O–H groups in total. The second kappa shape index (κ2) is 5.41. The first-order chi connectivity index (χ1) is 10.4. The summed E-state index contributed by atoms with van der Waals surface area (Å²) in [6.07, 6.45) is 4.17. The van der Waals surface area contributed by atoms with E-state index < -0.39 is 0 Å². The monoisotopic (exact) mass is 286 g/mol. The summed E-state index contributed by atoms with van der Waals surface area (Å²) in [5.41, 5.74) is 0. The van der Waals surface area contributed by atoms with Gasteiger partial charge in [0.25, 0.3) is 0 Å². The van der Waals surface area contributed by atoms with E-state index in [0.717, 1.165) is 48.2 Å². The van der Waals surface area contributed by atoms with Crippen LogP contribution in [0.25, 0.3) is 10.8 Å². The highest BCUT2D eigenvalue weighted by atomic mass is 16.6. The summed E-state index contributed by atoms with van der Waals surface area (Å²) in [5.74, 6) is 2.25. The molecule has 0 amide bonds. The van der Waals surface area contributed by atoms with Crippen molar-refractivity contribution in [3.05, 3.63) is 24.4 Å². The van der Waals surface area contributed by atoms with Crippen molar-refractivity contribution in [3.8, 4) is 17.4 Å². The minimum absolute atomic E-state index is 0.185. The van der Waals surface area contributed by atoms with Crippen LogP contribution < -0.4 is 19.5 Å². The van der Waals surface area contributed by atoms with Gasteiger partial charge in [-0.2, -0.15) is 0 Å². The molecule has 0 saturated carbocycles. The standard InChI is InChI=1S/C16H18N2O3/c1-2-12(10-17-4-1)21-16-13-9-15-14(19-6-7-20-15)8-11(13)3-5-18-16/h3,5,8-9,12,17H,1-2,4,6-7,10H2. The SMILES string of the molecule is c1cc2cc3c(cc2c(OC2CCCNC2)n1)OCCO3. The number of ether oxygens (including phenoxy) is 3. The molecule has 2 aliphatic heterocycles. The van der Waals surface area contributed by atoms with Gasteiger partial charge in [-0.15, -0.1) is 0 Å². The molecule has 3 heterocycles. The molecule has 4 rings (SSSR count). The maximum absolute atomic E-state index is 6.09. The van der Waals surface area contributed by atoms with Crippen molar-refractivity contribution in [1.82, 2.24) is 10.3 Å². The van der Waals surface area contributed by atoms with Crippen molar-refractivity contribution in [3.63, 3.8) is 0 Å². The average Bonchev–Trinajstić information content (AvgIpc) is 2.54. The molecule has 1 unspecified atom stereocenters. The molecule has 2 aromatic rings. The van der Waals surface area contributed by atoms with Gasteiger partial charge in [-0.3, -0.25) is 0 Å². The van der Waals surface area contributed by atoms with Gasteiger partial charge in [0, 0.05) is 18.1 Å². The van der Waals surface area contributed by atoms with E-state index in [0.29, 0.717) is 19.1 Å². The van der Waals surface area contributed by atoms with Crippen molar-refractivity contribution >= 4 is 10.8 Å². The maximum Gasteiger partial charge on any atom is 0.221 e. The van der Waals surface area contributed by atoms with Gasteiger partial charge in [0.2, 0.25) is 5.88 Å². The van der Waals surface area contributed by atoms with Gasteiger partial charge in [-0.25, -0.2) is 4.98 Å². The lowest BCUT2D eigenvalue weighted by Crippen LogP contribution is -2.37. The van der Waals surface area contributed by atoms with Gasteiger partial charge in [-0.05, 0) is 43.0 Å². The number of rotatable bonds is 2. The van der Waals surface area contributed by atoms with Crippen LogP contribution in [0.4, 0.5) is 0 Å². The fraction of sp³-hybridized carbons (Fsp3) is 0.438. The molecule has 0 aliphatic carbocycles. The van der Waals surface area contributed by atoms with Gasteiger partial charge in [0.1, 0.15) is 19.3 Å². The Bertz CT molecular complexity index is 653. The molecule has 5 nitrogen and oxygen atoms in total. The van der Waals surface area contributed by atoms with E-state index >= 15 is 0 Å². The van der Waals surface area contributed by atoms with E-state index in [2.05, 4.69) is 10.3 Å². The summed E-state index contributed by atoms with van der Waals surface area (Å²) in [7, 11) is 0. The quantitative estimate of drug-likeness (QED) is 0.916. The van der Waals surface area contributed by atoms with E-state index in [-0.39, 0.29) is 6.10 Å². The average molecular weight is 286 g/mol. The minimum atomic E-state index is 0.185. The van der Waals surface area contributed by atoms with Crippen LogP contribution in [0, 0.1) is 0 Å². The predicted molar refractivity (Wildman–Crippen MR) is 79.3 cm³/mol. The van der Waals surface area contributed by atoms with Crippen molar-refractivity contribution in [2.75, 3.05) is 26.3 Å². The molecule has 1 aromatic carbocycles.